The SMILES string of the molecule is CC(C)CC(NC(Cn1ccn(Cc2cc(F)cc(F)c2)c1=O)C(=O)O)C(=O)OC(=O)C(CC(C)C)NC(Cn1ccn(Cc2cc(Cl)cc(Cl)c2)c1=O)C(=O)O. The van der Waals surface area contributed by atoms with Crippen LogP contribution in [0.1, 0.15) is 51.7 Å². The fourth-order valence-electron chi connectivity index (χ4n) is 6.16. The van der Waals surface area contributed by atoms with Crippen LogP contribution < -0.4 is 22.0 Å². The van der Waals surface area contributed by atoms with Gasteiger partial charge in [0.2, 0.25) is 0 Å². The Morgan fingerprint density at radius 1 is 0.614 bits per heavy atom. The quantitative estimate of drug-likeness (QED) is 0.0743. The molecule has 0 bridgehead atoms. The van der Waals surface area contributed by atoms with Crippen LogP contribution in [0, 0.1) is 23.5 Å². The number of carboxylic acids is 2. The molecule has 0 aliphatic heterocycles. The summed E-state index contributed by atoms with van der Waals surface area (Å²) in [7, 11) is 0. The number of carbonyl (C=O) groups excluding carboxylic acids is 2. The van der Waals surface area contributed by atoms with Crippen LogP contribution in [0.5, 0.6) is 0 Å². The summed E-state index contributed by atoms with van der Waals surface area (Å²) in [4.78, 5) is 78.1. The van der Waals surface area contributed by atoms with Crippen molar-refractivity contribution in [1.29, 1.82) is 0 Å². The molecule has 15 nitrogen and oxygen atoms in total. The van der Waals surface area contributed by atoms with Crippen molar-refractivity contribution in [2.24, 2.45) is 11.8 Å². The second kappa shape index (κ2) is 19.9. The molecule has 0 spiro atoms. The summed E-state index contributed by atoms with van der Waals surface area (Å²) in [5.41, 5.74) is -0.442. The molecule has 2 aromatic carbocycles. The molecular formula is C38H44Cl2F2N6O9. The Morgan fingerprint density at radius 3 is 1.35 bits per heavy atom. The lowest BCUT2D eigenvalue weighted by molar-refractivity contribution is -0.163. The highest BCUT2D eigenvalue weighted by Crippen LogP contribution is 2.20. The monoisotopic (exact) mass is 836 g/mol. The van der Waals surface area contributed by atoms with Gasteiger partial charge in [-0.05, 0) is 66.1 Å². The number of hydrogen-bond acceptors (Lipinski definition) is 9. The summed E-state index contributed by atoms with van der Waals surface area (Å²) in [5.74, 6) is -7.14. The molecule has 19 heteroatoms. The molecule has 0 saturated carbocycles. The first kappa shape index (κ1) is 44.6. The van der Waals surface area contributed by atoms with E-state index in [0.717, 1.165) is 25.8 Å². The van der Waals surface area contributed by atoms with Crippen molar-refractivity contribution in [2.75, 3.05) is 0 Å². The molecule has 0 radical (unpaired) electrons. The van der Waals surface area contributed by atoms with Crippen LogP contribution in [-0.2, 0) is 50.1 Å². The van der Waals surface area contributed by atoms with Crippen LogP contribution in [-0.4, -0.2) is 76.5 Å². The molecule has 0 amide bonds. The Labute approximate surface area is 335 Å². The van der Waals surface area contributed by atoms with Gasteiger partial charge in [-0.15, -0.1) is 0 Å². The number of ether oxygens (including phenoxy) is 1. The Hall–Kier alpha value is -5.10. The number of hydrogen-bond donors (Lipinski definition) is 4. The maximum absolute atomic E-state index is 13.7. The number of rotatable bonds is 20. The standard InChI is InChI=1S/C38H44Cl2F2N6O9/c1-21(2)9-29(43-31(33(49)50)19-47-7-5-45(37(47)55)17-23-11-25(39)15-26(40)12-23)35(53)57-36(54)30(10-22(3)4)44-32(34(51)52)20-48-8-6-46(38(48)56)18-24-13-27(41)16-28(42)14-24/h5-8,11-16,21-22,29-32,43-44H,9-10,17-20H2,1-4H3,(H,49,50)(H,51,52). The summed E-state index contributed by atoms with van der Waals surface area (Å²) in [6.07, 6.45) is 5.50. The predicted octanol–water partition coefficient (Wildman–Crippen LogP) is 3.98. The molecule has 4 unspecified atom stereocenters. The van der Waals surface area contributed by atoms with Crippen LogP contribution in [0.4, 0.5) is 8.78 Å². The fourth-order valence-corrected chi connectivity index (χ4v) is 6.73. The number of carbonyl (C=O) groups is 4. The van der Waals surface area contributed by atoms with Gasteiger partial charge in [0, 0.05) is 40.9 Å². The molecule has 0 fully saturated rings. The first-order valence-electron chi connectivity index (χ1n) is 17.9. The van der Waals surface area contributed by atoms with E-state index in [1.54, 1.807) is 45.9 Å². The second-order valence-electron chi connectivity index (χ2n) is 14.5. The van der Waals surface area contributed by atoms with E-state index in [9.17, 15) is 47.8 Å². The summed E-state index contributed by atoms with van der Waals surface area (Å²) < 4.78 is 37.3. The van der Waals surface area contributed by atoms with Gasteiger partial charge in [0.05, 0.1) is 26.2 Å². The Morgan fingerprint density at radius 2 is 0.982 bits per heavy atom. The maximum atomic E-state index is 13.7. The van der Waals surface area contributed by atoms with Crippen molar-refractivity contribution in [3.8, 4) is 0 Å². The van der Waals surface area contributed by atoms with E-state index in [2.05, 4.69) is 10.6 Å². The highest BCUT2D eigenvalue weighted by Gasteiger charge is 2.34. The van der Waals surface area contributed by atoms with Crippen molar-refractivity contribution in [2.45, 2.75) is 90.9 Å². The zero-order chi connectivity index (χ0) is 42.1. The second-order valence-corrected chi connectivity index (χ2v) is 15.4. The number of esters is 2. The number of aromatic nitrogens is 4. The minimum Gasteiger partial charge on any atom is -0.480 e. The minimum atomic E-state index is -1.54. The summed E-state index contributed by atoms with van der Waals surface area (Å²) in [5, 5.41) is 26.3. The molecule has 0 aliphatic carbocycles. The highest BCUT2D eigenvalue weighted by atomic mass is 35.5. The van der Waals surface area contributed by atoms with Crippen LogP contribution in [0.25, 0.3) is 0 Å². The van der Waals surface area contributed by atoms with Crippen molar-refractivity contribution < 1.29 is 42.9 Å². The zero-order valence-electron chi connectivity index (χ0n) is 31.5. The van der Waals surface area contributed by atoms with Crippen molar-refractivity contribution >= 4 is 47.1 Å². The summed E-state index contributed by atoms with van der Waals surface area (Å²) in [6.45, 7) is 6.05. The van der Waals surface area contributed by atoms with E-state index in [4.69, 9.17) is 27.9 Å². The van der Waals surface area contributed by atoms with E-state index >= 15 is 0 Å². The number of aliphatic carboxylic acids is 2. The third-order valence-corrected chi connectivity index (χ3v) is 9.17. The van der Waals surface area contributed by atoms with E-state index in [1.807, 2.05) is 0 Å². The lowest BCUT2D eigenvalue weighted by Gasteiger charge is -2.26. The molecule has 4 atom stereocenters. The highest BCUT2D eigenvalue weighted by molar-refractivity contribution is 6.34. The number of imidazole rings is 2. The van der Waals surface area contributed by atoms with Crippen molar-refractivity contribution in [3.63, 3.8) is 0 Å². The van der Waals surface area contributed by atoms with Crippen molar-refractivity contribution in [3.05, 3.63) is 115 Å². The molecule has 4 N–H and O–H groups in total. The average molecular weight is 838 g/mol. The first-order valence-corrected chi connectivity index (χ1v) is 18.7. The van der Waals surface area contributed by atoms with Gasteiger partial charge in [0.15, 0.2) is 0 Å². The Balaban J connectivity index is 1.47. The number of halogens is 4. The van der Waals surface area contributed by atoms with E-state index in [1.165, 1.54) is 29.4 Å². The summed E-state index contributed by atoms with van der Waals surface area (Å²) >= 11 is 12.2. The van der Waals surface area contributed by atoms with Crippen LogP contribution in [0.2, 0.25) is 10.0 Å². The van der Waals surface area contributed by atoms with Gasteiger partial charge < -0.3 is 14.9 Å². The third kappa shape index (κ3) is 13.0. The zero-order valence-corrected chi connectivity index (χ0v) is 33.0. The third-order valence-electron chi connectivity index (χ3n) is 8.73. The fraction of sp³-hybridized carbons (Fsp3) is 0.421. The molecule has 2 heterocycles. The van der Waals surface area contributed by atoms with Gasteiger partial charge in [-0.25, -0.2) is 28.0 Å². The van der Waals surface area contributed by atoms with Crippen LogP contribution >= 0.6 is 23.2 Å². The lowest BCUT2D eigenvalue weighted by atomic mass is 10.0. The van der Waals surface area contributed by atoms with E-state index in [0.29, 0.717) is 21.7 Å². The molecule has 57 heavy (non-hydrogen) atoms. The molecule has 308 valence electrons. The topological polar surface area (TPSA) is 196 Å². The number of carboxylic acid groups (broad SMARTS) is 2. The Bertz CT molecular complexity index is 2010. The van der Waals surface area contributed by atoms with Crippen LogP contribution in [0.15, 0.2) is 70.8 Å². The molecule has 2 aromatic heterocycles. The molecular weight excluding hydrogens is 793 g/mol. The molecule has 0 aliphatic rings. The minimum absolute atomic E-state index is 0.0122. The number of benzene rings is 2. The molecule has 4 rings (SSSR count). The van der Waals surface area contributed by atoms with Gasteiger partial charge in [-0.1, -0.05) is 50.9 Å². The normalized spacial score (nSPS) is 13.7. The average Bonchev–Trinajstić information content (AvgIpc) is 3.61. The van der Waals surface area contributed by atoms with Gasteiger partial charge in [-0.2, -0.15) is 0 Å². The first-order chi connectivity index (χ1) is 26.8. The maximum Gasteiger partial charge on any atom is 0.330 e. The van der Waals surface area contributed by atoms with E-state index < -0.39 is 84.1 Å². The van der Waals surface area contributed by atoms with Gasteiger partial charge in [0.1, 0.15) is 35.8 Å². The molecule has 0 saturated heterocycles. The molecule has 4 aromatic rings. The lowest BCUT2D eigenvalue weighted by Crippen LogP contribution is -2.54. The largest absolute Gasteiger partial charge is 0.480 e. The van der Waals surface area contributed by atoms with Gasteiger partial charge in [-0.3, -0.25) is 38.5 Å². The number of nitrogens with zero attached hydrogens (tertiary/aromatic N) is 4. The Kier molecular flexibility index (Phi) is 15.5. The summed E-state index contributed by atoms with van der Waals surface area (Å²) in [6, 6.07) is 1.89. The predicted molar refractivity (Wildman–Crippen MR) is 205 cm³/mol. The van der Waals surface area contributed by atoms with Gasteiger partial charge in [0.25, 0.3) is 0 Å². The van der Waals surface area contributed by atoms with Gasteiger partial charge >= 0.3 is 35.3 Å². The van der Waals surface area contributed by atoms with Crippen molar-refractivity contribution in [1.82, 2.24) is 28.9 Å². The van der Waals surface area contributed by atoms with E-state index in [-0.39, 0.29) is 43.3 Å². The van der Waals surface area contributed by atoms with Crippen LogP contribution in [0.3, 0.4) is 0 Å². The smallest absolute Gasteiger partial charge is 0.330 e. The number of nitrogens with one attached hydrogen (secondary N) is 2.